The van der Waals surface area contributed by atoms with Crippen molar-refractivity contribution in [1.29, 1.82) is 0 Å². The van der Waals surface area contributed by atoms with Crippen LogP contribution in [-0.4, -0.2) is 21.5 Å². The molecule has 1 fully saturated rings. The standard InChI is InChI=1S/C18H22BrNO2/c1-11(2)15-9-12-7-8-13(10-16(12)20(15)3)18(21)22-17-6-4-5-14(17)19/h7-11,14,17H,4-6H2,1-3H3. The first-order valence-corrected chi connectivity index (χ1v) is 8.83. The monoisotopic (exact) mass is 363 g/mol. The van der Waals surface area contributed by atoms with Gasteiger partial charge in [-0.2, -0.15) is 0 Å². The maximum Gasteiger partial charge on any atom is 0.338 e. The number of benzene rings is 1. The topological polar surface area (TPSA) is 31.2 Å². The molecular weight excluding hydrogens is 342 g/mol. The summed E-state index contributed by atoms with van der Waals surface area (Å²) in [7, 11) is 2.05. The number of nitrogens with zero attached hydrogens (tertiary/aromatic N) is 1. The van der Waals surface area contributed by atoms with Crippen molar-refractivity contribution < 1.29 is 9.53 Å². The number of halogens is 1. The van der Waals surface area contributed by atoms with Gasteiger partial charge >= 0.3 is 5.97 Å². The van der Waals surface area contributed by atoms with Crippen LogP contribution in [0.1, 0.15) is 55.1 Å². The minimum atomic E-state index is -0.217. The van der Waals surface area contributed by atoms with Crippen molar-refractivity contribution in [2.24, 2.45) is 7.05 Å². The van der Waals surface area contributed by atoms with E-state index in [-0.39, 0.29) is 12.1 Å². The quantitative estimate of drug-likeness (QED) is 0.580. The Bertz CT molecular complexity index is 704. The summed E-state index contributed by atoms with van der Waals surface area (Å²) >= 11 is 3.60. The van der Waals surface area contributed by atoms with E-state index in [9.17, 15) is 4.79 Å². The minimum absolute atomic E-state index is 0.00262. The fourth-order valence-electron chi connectivity index (χ4n) is 3.25. The van der Waals surface area contributed by atoms with Gasteiger partial charge in [-0.25, -0.2) is 4.79 Å². The molecule has 0 bridgehead atoms. The fourth-order valence-corrected chi connectivity index (χ4v) is 3.95. The Kier molecular flexibility index (Phi) is 4.31. The molecule has 0 aliphatic heterocycles. The lowest BCUT2D eigenvalue weighted by Gasteiger charge is -2.15. The number of carbonyl (C=O) groups excluding carboxylic acids is 1. The van der Waals surface area contributed by atoms with Crippen LogP contribution in [0.2, 0.25) is 0 Å². The highest BCUT2D eigenvalue weighted by molar-refractivity contribution is 9.09. The van der Waals surface area contributed by atoms with E-state index in [1.54, 1.807) is 0 Å². The molecule has 1 aromatic carbocycles. The van der Waals surface area contributed by atoms with Crippen molar-refractivity contribution in [1.82, 2.24) is 4.57 Å². The zero-order valence-electron chi connectivity index (χ0n) is 13.3. The first-order chi connectivity index (χ1) is 10.5. The lowest BCUT2D eigenvalue weighted by molar-refractivity contribution is 0.0331. The second-order valence-corrected chi connectivity index (χ2v) is 7.62. The van der Waals surface area contributed by atoms with E-state index < -0.39 is 0 Å². The Balaban J connectivity index is 1.88. The highest BCUT2D eigenvalue weighted by Crippen LogP contribution is 2.30. The lowest BCUT2D eigenvalue weighted by atomic mass is 10.1. The molecule has 1 aliphatic carbocycles. The van der Waals surface area contributed by atoms with E-state index >= 15 is 0 Å². The molecule has 2 aromatic rings. The second kappa shape index (κ2) is 6.07. The molecule has 1 saturated carbocycles. The molecule has 0 amide bonds. The summed E-state index contributed by atoms with van der Waals surface area (Å²) in [6, 6.07) is 8.02. The molecule has 4 heteroatoms. The largest absolute Gasteiger partial charge is 0.458 e. The number of ether oxygens (including phenoxy) is 1. The maximum absolute atomic E-state index is 12.4. The molecule has 3 nitrogen and oxygen atoms in total. The average Bonchev–Trinajstić information content (AvgIpc) is 3.03. The van der Waals surface area contributed by atoms with Crippen LogP contribution in [0.25, 0.3) is 10.9 Å². The van der Waals surface area contributed by atoms with Gasteiger partial charge in [-0.15, -0.1) is 0 Å². The molecule has 3 rings (SSSR count). The second-order valence-electron chi connectivity index (χ2n) is 6.45. The molecular formula is C18H22BrNO2. The molecule has 2 atom stereocenters. The van der Waals surface area contributed by atoms with Gasteiger partial charge in [0.2, 0.25) is 0 Å². The van der Waals surface area contributed by atoms with Gasteiger partial charge in [0.25, 0.3) is 0 Å². The number of aromatic nitrogens is 1. The van der Waals surface area contributed by atoms with Gasteiger partial charge in [-0.05, 0) is 48.8 Å². The number of fused-ring (bicyclic) bond motifs is 1. The van der Waals surface area contributed by atoms with Crippen LogP contribution in [0.3, 0.4) is 0 Å². The zero-order valence-corrected chi connectivity index (χ0v) is 14.9. The van der Waals surface area contributed by atoms with Crippen LogP contribution in [0.5, 0.6) is 0 Å². The smallest absolute Gasteiger partial charge is 0.338 e. The van der Waals surface area contributed by atoms with Gasteiger partial charge in [0.05, 0.1) is 10.4 Å². The Morgan fingerprint density at radius 1 is 1.32 bits per heavy atom. The molecule has 0 saturated heterocycles. The first kappa shape index (κ1) is 15.6. The number of esters is 1. The SMILES string of the molecule is CC(C)c1cc2ccc(C(=O)OC3CCCC3Br)cc2n1C. The molecule has 2 unspecified atom stereocenters. The molecule has 0 N–H and O–H groups in total. The number of hydrogen-bond donors (Lipinski definition) is 0. The Morgan fingerprint density at radius 2 is 2.09 bits per heavy atom. The van der Waals surface area contributed by atoms with Gasteiger partial charge in [-0.3, -0.25) is 0 Å². The summed E-state index contributed by atoms with van der Waals surface area (Å²) < 4.78 is 7.82. The van der Waals surface area contributed by atoms with Crippen LogP contribution in [0, 0.1) is 0 Å². The summed E-state index contributed by atoms with van der Waals surface area (Å²) in [6.07, 6.45) is 3.14. The van der Waals surface area contributed by atoms with E-state index in [2.05, 4.69) is 47.5 Å². The van der Waals surface area contributed by atoms with Crippen molar-refractivity contribution in [3.63, 3.8) is 0 Å². The molecule has 1 heterocycles. The van der Waals surface area contributed by atoms with Crippen molar-refractivity contribution >= 4 is 32.8 Å². The molecule has 118 valence electrons. The van der Waals surface area contributed by atoms with E-state index in [4.69, 9.17) is 4.74 Å². The summed E-state index contributed by atoms with van der Waals surface area (Å²) in [4.78, 5) is 12.7. The van der Waals surface area contributed by atoms with Crippen LogP contribution < -0.4 is 0 Å². The van der Waals surface area contributed by atoms with Crippen molar-refractivity contribution in [2.75, 3.05) is 0 Å². The summed E-state index contributed by atoms with van der Waals surface area (Å²) in [5.74, 6) is 0.242. The third-order valence-corrected chi connectivity index (χ3v) is 5.59. The van der Waals surface area contributed by atoms with Gasteiger partial charge in [0, 0.05) is 18.3 Å². The van der Waals surface area contributed by atoms with Crippen molar-refractivity contribution in [2.45, 2.75) is 50.0 Å². The van der Waals surface area contributed by atoms with Crippen LogP contribution in [-0.2, 0) is 11.8 Å². The predicted molar refractivity (Wildman–Crippen MR) is 92.8 cm³/mol. The minimum Gasteiger partial charge on any atom is -0.458 e. The Labute approximate surface area is 139 Å². The maximum atomic E-state index is 12.4. The molecule has 0 spiro atoms. The third-order valence-electron chi connectivity index (χ3n) is 4.54. The van der Waals surface area contributed by atoms with Crippen LogP contribution in [0.15, 0.2) is 24.3 Å². The van der Waals surface area contributed by atoms with Gasteiger partial charge in [0.1, 0.15) is 6.10 Å². The first-order valence-electron chi connectivity index (χ1n) is 7.92. The van der Waals surface area contributed by atoms with Crippen LogP contribution >= 0.6 is 15.9 Å². The highest BCUT2D eigenvalue weighted by Gasteiger charge is 2.28. The highest BCUT2D eigenvalue weighted by atomic mass is 79.9. The number of carbonyl (C=O) groups is 1. The lowest BCUT2D eigenvalue weighted by Crippen LogP contribution is -2.22. The van der Waals surface area contributed by atoms with Crippen molar-refractivity contribution in [3.8, 4) is 0 Å². The summed E-state index contributed by atoms with van der Waals surface area (Å²) in [6.45, 7) is 4.36. The van der Waals surface area contributed by atoms with E-state index in [1.165, 1.54) is 11.1 Å². The van der Waals surface area contributed by atoms with Crippen LogP contribution in [0.4, 0.5) is 0 Å². The van der Waals surface area contributed by atoms with E-state index in [0.717, 1.165) is 24.8 Å². The summed E-state index contributed by atoms with van der Waals surface area (Å²) in [5.41, 5.74) is 2.99. The Hall–Kier alpha value is -1.29. The van der Waals surface area contributed by atoms with Gasteiger partial charge in [-0.1, -0.05) is 35.8 Å². The fraction of sp³-hybridized carbons (Fsp3) is 0.500. The number of hydrogen-bond acceptors (Lipinski definition) is 2. The average molecular weight is 364 g/mol. The third kappa shape index (κ3) is 2.81. The molecule has 1 aromatic heterocycles. The van der Waals surface area contributed by atoms with E-state index in [0.29, 0.717) is 16.3 Å². The van der Waals surface area contributed by atoms with Gasteiger partial charge in [0.15, 0.2) is 0 Å². The number of aryl methyl sites for hydroxylation is 1. The normalized spacial score (nSPS) is 21.7. The Morgan fingerprint density at radius 3 is 2.73 bits per heavy atom. The molecule has 1 aliphatic rings. The van der Waals surface area contributed by atoms with Gasteiger partial charge < -0.3 is 9.30 Å². The van der Waals surface area contributed by atoms with E-state index in [1.807, 2.05) is 18.2 Å². The number of alkyl halides is 1. The summed E-state index contributed by atoms with van der Waals surface area (Å²) in [5, 5.41) is 1.17. The van der Waals surface area contributed by atoms with Crippen molar-refractivity contribution in [3.05, 3.63) is 35.5 Å². The number of rotatable bonds is 3. The zero-order chi connectivity index (χ0) is 15.9. The predicted octanol–water partition coefficient (Wildman–Crippen LogP) is 4.77. The molecule has 22 heavy (non-hydrogen) atoms. The molecule has 0 radical (unpaired) electrons.